The number of nitrogens with one attached hydrogen (secondary N) is 1. The molecule has 92 valence electrons. The minimum Gasteiger partial charge on any atom is -0.273 e. The summed E-state index contributed by atoms with van der Waals surface area (Å²) in [6.45, 7) is 5.11. The Bertz CT molecular complexity index is 432. The molecule has 2 aromatic heterocycles. The van der Waals surface area contributed by atoms with Gasteiger partial charge in [0.05, 0.1) is 12.2 Å². The van der Waals surface area contributed by atoms with Gasteiger partial charge in [-0.05, 0) is 25.5 Å². The van der Waals surface area contributed by atoms with Gasteiger partial charge < -0.3 is 0 Å². The van der Waals surface area contributed by atoms with Crippen LogP contribution in [-0.4, -0.2) is 9.78 Å². The maximum atomic E-state index is 5.66. The molecule has 0 saturated heterocycles. The number of rotatable bonds is 5. The van der Waals surface area contributed by atoms with Crippen LogP contribution < -0.4 is 11.3 Å². The molecule has 0 aliphatic carbocycles. The zero-order valence-electron chi connectivity index (χ0n) is 10.2. The van der Waals surface area contributed by atoms with E-state index in [9.17, 15) is 0 Å². The number of hydrazine groups is 1. The number of aromatic nitrogens is 2. The molecule has 0 aromatic carbocycles. The van der Waals surface area contributed by atoms with E-state index >= 15 is 0 Å². The molecule has 0 aliphatic rings. The van der Waals surface area contributed by atoms with Crippen LogP contribution in [0.3, 0.4) is 0 Å². The first-order chi connectivity index (χ1) is 8.28. The molecule has 5 heteroatoms. The highest BCUT2D eigenvalue weighted by atomic mass is 32.1. The summed E-state index contributed by atoms with van der Waals surface area (Å²) in [6.07, 6.45) is 4.98. The van der Waals surface area contributed by atoms with Crippen molar-refractivity contribution in [3.63, 3.8) is 0 Å². The number of aryl methyl sites for hydroxylation is 2. The fourth-order valence-corrected chi connectivity index (χ4v) is 2.83. The van der Waals surface area contributed by atoms with Gasteiger partial charge in [0, 0.05) is 28.1 Å². The van der Waals surface area contributed by atoms with Gasteiger partial charge in [0.1, 0.15) is 0 Å². The van der Waals surface area contributed by atoms with Crippen molar-refractivity contribution < 1.29 is 0 Å². The van der Waals surface area contributed by atoms with E-state index in [0.29, 0.717) is 0 Å². The molecule has 2 rings (SSSR count). The lowest BCUT2D eigenvalue weighted by Crippen LogP contribution is -2.27. The third kappa shape index (κ3) is 2.57. The second-order valence-corrected chi connectivity index (χ2v) is 5.09. The average Bonchev–Trinajstić information content (AvgIpc) is 2.99. The lowest BCUT2D eigenvalue weighted by Gasteiger charge is -2.11. The van der Waals surface area contributed by atoms with E-state index in [-0.39, 0.29) is 6.04 Å². The van der Waals surface area contributed by atoms with Crippen LogP contribution in [0, 0.1) is 0 Å². The molecule has 0 radical (unpaired) electrons. The van der Waals surface area contributed by atoms with Gasteiger partial charge >= 0.3 is 0 Å². The highest BCUT2D eigenvalue weighted by Gasteiger charge is 2.16. The van der Waals surface area contributed by atoms with Crippen LogP contribution >= 0.6 is 11.3 Å². The number of hydrogen-bond donors (Lipinski definition) is 2. The Morgan fingerprint density at radius 2 is 2.29 bits per heavy atom. The first-order valence-electron chi connectivity index (χ1n) is 5.85. The number of hydrogen-bond acceptors (Lipinski definition) is 4. The van der Waals surface area contributed by atoms with Crippen LogP contribution in [0.15, 0.2) is 24.5 Å². The van der Waals surface area contributed by atoms with Gasteiger partial charge in [0.25, 0.3) is 0 Å². The maximum absolute atomic E-state index is 5.66. The van der Waals surface area contributed by atoms with Crippen molar-refractivity contribution in [1.82, 2.24) is 15.2 Å². The molecule has 2 heterocycles. The van der Waals surface area contributed by atoms with E-state index < -0.39 is 0 Å². The third-order valence-corrected chi connectivity index (χ3v) is 4.09. The lowest BCUT2D eigenvalue weighted by atomic mass is 10.1. The normalized spacial score (nSPS) is 12.9. The molecule has 0 fully saturated rings. The summed E-state index contributed by atoms with van der Waals surface area (Å²) in [5, 5.41) is 4.28. The fraction of sp³-hybridized carbons (Fsp3) is 0.417. The van der Waals surface area contributed by atoms with Gasteiger partial charge in [0.15, 0.2) is 0 Å². The van der Waals surface area contributed by atoms with Crippen LogP contribution in [0.1, 0.15) is 35.2 Å². The Morgan fingerprint density at radius 1 is 1.47 bits per heavy atom. The number of thiophene rings is 1. The Balaban J connectivity index is 2.26. The molecule has 1 unspecified atom stereocenters. The van der Waals surface area contributed by atoms with Crippen LogP contribution in [0.25, 0.3) is 0 Å². The first-order valence-corrected chi connectivity index (χ1v) is 6.67. The average molecular weight is 250 g/mol. The first kappa shape index (κ1) is 12.3. The number of nitrogens with two attached hydrogens (primary N) is 1. The predicted molar refractivity (Wildman–Crippen MR) is 70.8 cm³/mol. The van der Waals surface area contributed by atoms with Crippen molar-refractivity contribution in [3.05, 3.63) is 39.8 Å². The van der Waals surface area contributed by atoms with E-state index in [0.717, 1.165) is 18.5 Å². The van der Waals surface area contributed by atoms with Crippen molar-refractivity contribution in [2.75, 3.05) is 0 Å². The minimum atomic E-state index is 0.0422. The van der Waals surface area contributed by atoms with Crippen LogP contribution in [-0.2, 0) is 13.0 Å². The molecule has 0 bridgehead atoms. The third-order valence-electron chi connectivity index (χ3n) is 2.79. The molecule has 0 spiro atoms. The topological polar surface area (TPSA) is 55.9 Å². The Morgan fingerprint density at radius 3 is 2.82 bits per heavy atom. The molecule has 0 saturated carbocycles. The molecular formula is C12H18N4S. The van der Waals surface area contributed by atoms with Crippen molar-refractivity contribution in [2.45, 2.75) is 32.9 Å². The predicted octanol–water partition coefficient (Wildman–Crippen LogP) is 2.08. The molecule has 17 heavy (non-hydrogen) atoms. The van der Waals surface area contributed by atoms with E-state index in [1.807, 2.05) is 17.1 Å². The highest BCUT2D eigenvalue weighted by Crippen LogP contribution is 2.28. The van der Waals surface area contributed by atoms with E-state index in [1.165, 1.54) is 9.75 Å². The van der Waals surface area contributed by atoms with Crippen LogP contribution in [0.2, 0.25) is 0 Å². The quantitative estimate of drug-likeness (QED) is 0.631. The largest absolute Gasteiger partial charge is 0.273 e. The summed E-state index contributed by atoms with van der Waals surface area (Å²) < 4.78 is 1.91. The second kappa shape index (κ2) is 5.44. The van der Waals surface area contributed by atoms with E-state index in [4.69, 9.17) is 5.84 Å². The SMILES string of the molecule is CCc1ccc(C(NN)c2cnn(CC)c2)s1. The number of nitrogens with zero attached hydrogens (tertiary/aromatic N) is 2. The van der Waals surface area contributed by atoms with Gasteiger partial charge in [-0.1, -0.05) is 6.92 Å². The summed E-state index contributed by atoms with van der Waals surface area (Å²) in [7, 11) is 0. The van der Waals surface area contributed by atoms with E-state index in [1.54, 1.807) is 11.3 Å². The summed E-state index contributed by atoms with van der Waals surface area (Å²) in [6, 6.07) is 4.34. The molecule has 2 aromatic rings. The Hall–Kier alpha value is -1.17. The second-order valence-electron chi connectivity index (χ2n) is 3.89. The summed E-state index contributed by atoms with van der Waals surface area (Å²) in [4.78, 5) is 2.61. The smallest absolute Gasteiger partial charge is 0.0833 e. The molecule has 3 N–H and O–H groups in total. The Kier molecular flexibility index (Phi) is 3.93. The maximum Gasteiger partial charge on any atom is 0.0833 e. The molecule has 0 aliphatic heterocycles. The van der Waals surface area contributed by atoms with Gasteiger partial charge in [0.2, 0.25) is 0 Å². The van der Waals surface area contributed by atoms with Gasteiger partial charge in [-0.15, -0.1) is 11.3 Å². The zero-order valence-corrected chi connectivity index (χ0v) is 11.0. The summed E-state index contributed by atoms with van der Waals surface area (Å²) >= 11 is 1.80. The molecule has 0 amide bonds. The molecule has 4 nitrogen and oxygen atoms in total. The standard InChI is InChI=1S/C12H18N4S/c1-3-10-5-6-11(17-10)12(15-13)9-7-14-16(4-2)8-9/h5-8,12,15H,3-4,13H2,1-2H3. The zero-order chi connectivity index (χ0) is 12.3. The van der Waals surface area contributed by atoms with Crippen molar-refractivity contribution in [1.29, 1.82) is 0 Å². The van der Waals surface area contributed by atoms with E-state index in [2.05, 4.69) is 36.5 Å². The van der Waals surface area contributed by atoms with Gasteiger partial charge in [-0.3, -0.25) is 10.5 Å². The summed E-state index contributed by atoms with van der Waals surface area (Å²) in [5.41, 5.74) is 3.98. The lowest BCUT2D eigenvalue weighted by molar-refractivity contribution is 0.637. The van der Waals surface area contributed by atoms with Crippen LogP contribution in [0.4, 0.5) is 0 Å². The Labute approximate surface area is 105 Å². The molecular weight excluding hydrogens is 232 g/mol. The van der Waals surface area contributed by atoms with Gasteiger partial charge in [-0.2, -0.15) is 5.10 Å². The summed E-state index contributed by atoms with van der Waals surface area (Å²) in [5.74, 6) is 5.66. The highest BCUT2D eigenvalue weighted by molar-refractivity contribution is 7.12. The minimum absolute atomic E-state index is 0.0422. The van der Waals surface area contributed by atoms with Crippen molar-refractivity contribution >= 4 is 11.3 Å². The monoisotopic (exact) mass is 250 g/mol. The molecule has 1 atom stereocenters. The van der Waals surface area contributed by atoms with Crippen molar-refractivity contribution in [2.24, 2.45) is 5.84 Å². The fourth-order valence-electron chi connectivity index (χ4n) is 1.78. The van der Waals surface area contributed by atoms with Crippen LogP contribution in [0.5, 0.6) is 0 Å². The van der Waals surface area contributed by atoms with Crippen molar-refractivity contribution in [3.8, 4) is 0 Å². The van der Waals surface area contributed by atoms with Gasteiger partial charge in [-0.25, -0.2) is 5.43 Å².